The lowest BCUT2D eigenvalue weighted by Gasteiger charge is -2.16. The zero-order valence-electron chi connectivity index (χ0n) is 15.2. The van der Waals surface area contributed by atoms with E-state index in [-0.39, 0.29) is 17.8 Å². The quantitative estimate of drug-likeness (QED) is 0.597. The van der Waals surface area contributed by atoms with Gasteiger partial charge in [0.1, 0.15) is 10.7 Å². The zero-order valence-corrected chi connectivity index (χ0v) is 16.0. The second-order valence-corrected chi connectivity index (χ2v) is 7.53. The number of amides is 3. The zero-order chi connectivity index (χ0) is 19.9. The van der Waals surface area contributed by atoms with Crippen LogP contribution in [0.5, 0.6) is 0 Å². The second kappa shape index (κ2) is 9.35. The molecule has 5 N–H and O–H groups in total. The Bertz CT molecular complexity index is 924. The Balaban J connectivity index is 1.81. The average Bonchev–Trinajstić information content (AvgIpc) is 2.86. The van der Waals surface area contributed by atoms with Crippen molar-refractivity contribution in [1.82, 2.24) is 10.6 Å². The van der Waals surface area contributed by atoms with Crippen LogP contribution in [-0.4, -0.2) is 31.1 Å². The van der Waals surface area contributed by atoms with Gasteiger partial charge in [0.25, 0.3) is 5.91 Å². The molecule has 3 amide bonds. The molecule has 1 fully saturated rings. The van der Waals surface area contributed by atoms with Crippen LogP contribution in [0, 0.1) is 17.7 Å². The minimum absolute atomic E-state index is 0.0281. The van der Waals surface area contributed by atoms with Crippen molar-refractivity contribution in [2.45, 2.75) is 25.3 Å². The lowest BCUT2D eigenvalue weighted by Crippen LogP contribution is -2.40. The van der Waals surface area contributed by atoms with Crippen molar-refractivity contribution in [3.63, 3.8) is 0 Å². The highest BCUT2D eigenvalue weighted by Crippen LogP contribution is 2.27. The van der Waals surface area contributed by atoms with E-state index in [1.54, 1.807) is 18.2 Å². The number of carbonyl (C=O) groups excluding carboxylic acids is 2. The first-order valence-electron chi connectivity index (χ1n) is 9.01. The third-order valence-electron chi connectivity index (χ3n) is 4.23. The summed E-state index contributed by atoms with van der Waals surface area (Å²) in [7, 11) is 0. The number of nitrogens with two attached hydrogens (primary N) is 1. The summed E-state index contributed by atoms with van der Waals surface area (Å²) in [5.41, 5.74) is 6.07. The fourth-order valence-corrected chi connectivity index (χ4v) is 3.81. The third-order valence-corrected chi connectivity index (χ3v) is 5.28. The molecule has 0 saturated carbocycles. The first-order chi connectivity index (χ1) is 13.5. The molecule has 1 aliphatic rings. The number of hydrogen-bond acceptors (Lipinski definition) is 4. The van der Waals surface area contributed by atoms with Gasteiger partial charge >= 0.3 is 6.03 Å². The summed E-state index contributed by atoms with van der Waals surface area (Å²) in [5.74, 6) is 5.12. The van der Waals surface area contributed by atoms with Crippen LogP contribution in [0.25, 0.3) is 0 Å². The number of primary amides is 1. The molecule has 2 heterocycles. The van der Waals surface area contributed by atoms with E-state index in [2.05, 4.69) is 27.8 Å². The van der Waals surface area contributed by atoms with Crippen LogP contribution in [0.2, 0.25) is 0 Å². The van der Waals surface area contributed by atoms with Crippen molar-refractivity contribution in [3.05, 3.63) is 51.5 Å². The highest BCUT2D eigenvalue weighted by Gasteiger charge is 2.21. The molecule has 1 saturated heterocycles. The molecule has 146 valence electrons. The largest absolute Gasteiger partial charge is 0.351 e. The Hall–Kier alpha value is -2.89. The number of carbonyl (C=O) groups is 2. The number of nitrogens with one attached hydrogen (secondary N) is 3. The van der Waals surface area contributed by atoms with E-state index in [9.17, 15) is 14.0 Å². The maximum absolute atomic E-state index is 13.3. The molecule has 28 heavy (non-hydrogen) atoms. The highest BCUT2D eigenvalue weighted by molar-refractivity contribution is 7.15. The average molecular weight is 400 g/mol. The number of halogens is 1. The van der Waals surface area contributed by atoms with Crippen LogP contribution >= 0.6 is 11.3 Å². The minimum atomic E-state index is -0.757. The molecule has 2 aromatic rings. The number of anilines is 1. The topological polar surface area (TPSA) is 96.2 Å². The molecular weight excluding hydrogens is 379 g/mol. The van der Waals surface area contributed by atoms with Crippen LogP contribution in [0.4, 0.5) is 14.9 Å². The highest BCUT2D eigenvalue weighted by atomic mass is 32.1. The Labute approximate surface area is 166 Å². The molecule has 6 nitrogen and oxygen atoms in total. The van der Waals surface area contributed by atoms with E-state index in [0.29, 0.717) is 27.5 Å². The van der Waals surface area contributed by atoms with E-state index < -0.39 is 6.03 Å². The van der Waals surface area contributed by atoms with Gasteiger partial charge in [-0.15, -0.1) is 11.3 Å². The maximum atomic E-state index is 13.3. The SMILES string of the molecule is NC(=O)Nc1cc(C#Cc2cccc(F)c2)sc1C(=O)N[C@H]1CCCCNC1. The van der Waals surface area contributed by atoms with Gasteiger partial charge in [0.15, 0.2) is 0 Å². The van der Waals surface area contributed by atoms with Crippen LogP contribution in [-0.2, 0) is 0 Å². The normalized spacial score (nSPS) is 16.4. The molecule has 1 aromatic heterocycles. The van der Waals surface area contributed by atoms with Gasteiger partial charge in [-0.3, -0.25) is 4.79 Å². The summed E-state index contributed by atoms with van der Waals surface area (Å²) in [6.45, 7) is 1.65. The molecule has 1 atom stereocenters. The number of thiophene rings is 1. The van der Waals surface area contributed by atoms with Crippen LogP contribution in [0.15, 0.2) is 30.3 Å². The molecule has 0 spiro atoms. The Kier molecular flexibility index (Phi) is 6.63. The van der Waals surface area contributed by atoms with Crippen LogP contribution < -0.4 is 21.7 Å². The van der Waals surface area contributed by atoms with E-state index in [1.807, 2.05) is 0 Å². The first kappa shape index (κ1) is 19.9. The standard InChI is InChI=1S/C20H21FN4O2S/c21-14-5-3-4-13(10-14)7-8-16-11-17(25-20(22)27)18(28-16)19(26)24-15-6-1-2-9-23-12-15/h3-5,10-11,15,23H,1-2,6,9,12H2,(H,24,26)(H3,22,25,27)/t15-/m0/s1. The molecular formula is C20H21FN4O2S. The lowest BCUT2D eigenvalue weighted by atomic mass is 10.1. The number of rotatable bonds is 3. The van der Waals surface area contributed by atoms with Crippen molar-refractivity contribution in [1.29, 1.82) is 0 Å². The summed E-state index contributed by atoms with van der Waals surface area (Å²) < 4.78 is 13.3. The van der Waals surface area contributed by atoms with E-state index in [4.69, 9.17) is 5.73 Å². The van der Waals surface area contributed by atoms with Gasteiger partial charge in [0.2, 0.25) is 0 Å². The van der Waals surface area contributed by atoms with Crippen molar-refractivity contribution in [2.24, 2.45) is 5.73 Å². The minimum Gasteiger partial charge on any atom is -0.351 e. The summed E-state index contributed by atoms with van der Waals surface area (Å²) in [6, 6.07) is 6.81. The molecule has 0 unspecified atom stereocenters. The lowest BCUT2D eigenvalue weighted by molar-refractivity contribution is 0.0940. The fraction of sp³-hybridized carbons (Fsp3) is 0.300. The van der Waals surface area contributed by atoms with E-state index in [0.717, 1.165) is 37.1 Å². The van der Waals surface area contributed by atoms with Gasteiger partial charge in [-0.1, -0.05) is 24.3 Å². The van der Waals surface area contributed by atoms with Gasteiger partial charge in [0.05, 0.1) is 10.6 Å². The molecule has 1 aliphatic heterocycles. The van der Waals surface area contributed by atoms with Crippen molar-refractivity contribution in [3.8, 4) is 11.8 Å². The monoisotopic (exact) mass is 400 g/mol. The van der Waals surface area contributed by atoms with Crippen LogP contribution in [0.3, 0.4) is 0 Å². The van der Waals surface area contributed by atoms with Gasteiger partial charge < -0.3 is 21.7 Å². The summed E-state index contributed by atoms with van der Waals surface area (Å²) >= 11 is 1.16. The number of hydrogen-bond donors (Lipinski definition) is 4. The van der Waals surface area contributed by atoms with Crippen molar-refractivity contribution < 1.29 is 14.0 Å². The first-order valence-corrected chi connectivity index (χ1v) is 9.82. The van der Waals surface area contributed by atoms with Gasteiger partial charge in [-0.25, -0.2) is 9.18 Å². The predicted molar refractivity (Wildman–Crippen MR) is 108 cm³/mol. The number of urea groups is 1. The van der Waals surface area contributed by atoms with Gasteiger partial charge in [-0.2, -0.15) is 0 Å². The second-order valence-electron chi connectivity index (χ2n) is 6.47. The Morgan fingerprint density at radius 3 is 2.89 bits per heavy atom. The van der Waals surface area contributed by atoms with Gasteiger partial charge in [-0.05, 0) is 43.7 Å². The fourth-order valence-electron chi connectivity index (χ4n) is 2.94. The Morgan fingerprint density at radius 2 is 2.11 bits per heavy atom. The molecule has 0 bridgehead atoms. The smallest absolute Gasteiger partial charge is 0.316 e. The van der Waals surface area contributed by atoms with Crippen molar-refractivity contribution in [2.75, 3.05) is 18.4 Å². The summed E-state index contributed by atoms with van der Waals surface area (Å²) in [5, 5.41) is 8.77. The molecule has 8 heteroatoms. The summed E-state index contributed by atoms with van der Waals surface area (Å²) in [4.78, 5) is 24.9. The van der Waals surface area contributed by atoms with Crippen molar-refractivity contribution >= 4 is 29.0 Å². The molecule has 0 radical (unpaired) electrons. The molecule has 0 aliphatic carbocycles. The van der Waals surface area contributed by atoms with Gasteiger partial charge in [0, 0.05) is 18.2 Å². The number of benzene rings is 1. The third kappa shape index (κ3) is 5.55. The predicted octanol–water partition coefficient (Wildman–Crippen LogP) is 2.65. The van der Waals surface area contributed by atoms with E-state index >= 15 is 0 Å². The van der Waals surface area contributed by atoms with E-state index in [1.165, 1.54) is 12.1 Å². The van der Waals surface area contributed by atoms with Crippen LogP contribution in [0.1, 0.15) is 39.4 Å². The molecule has 3 rings (SSSR count). The Morgan fingerprint density at radius 1 is 1.25 bits per heavy atom. The maximum Gasteiger partial charge on any atom is 0.316 e. The summed E-state index contributed by atoms with van der Waals surface area (Å²) in [6.07, 6.45) is 3.02. The molecule has 1 aromatic carbocycles.